The topological polar surface area (TPSA) is 69.6 Å². The summed E-state index contributed by atoms with van der Waals surface area (Å²) in [6, 6.07) is -0.638. The van der Waals surface area contributed by atoms with Gasteiger partial charge >= 0.3 is 0 Å². The second-order valence-corrected chi connectivity index (χ2v) is 26.1. The highest BCUT2D eigenvalue weighted by molar-refractivity contribution is 5.76. The summed E-state index contributed by atoms with van der Waals surface area (Å²) in [5.74, 6) is -0.0633. The molecule has 0 heterocycles. The number of unbranched alkanes of at least 4 members (excludes halogenated alkanes) is 62. The predicted molar refractivity (Wildman–Crippen MR) is 359 cm³/mol. The van der Waals surface area contributed by atoms with Crippen LogP contribution in [0, 0.1) is 0 Å². The van der Waals surface area contributed by atoms with E-state index in [1.165, 1.54) is 385 Å². The molecule has 3 N–H and O–H groups in total. The molecule has 1 amide bonds. The van der Waals surface area contributed by atoms with E-state index in [0.29, 0.717) is 6.42 Å². The van der Waals surface area contributed by atoms with Crippen LogP contribution in [0.2, 0.25) is 0 Å². The molecule has 0 aromatic rings. The first-order valence-corrected chi connectivity index (χ1v) is 37.6. The third-order valence-electron chi connectivity index (χ3n) is 17.9. The van der Waals surface area contributed by atoms with Crippen molar-refractivity contribution in [1.29, 1.82) is 0 Å². The van der Waals surface area contributed by atoms with Gasteiger partial charge in [0.1, 0.15) is 0 Å². The molecular formula is C76H149NO3. The maximum Gasteiger partial charge on any atom is 0.220 e. The maximum absolute atomic E-state index is 12.6. The first-order valence-electron chi connectivity index (χ1n) is 37.6. The Bertz CT molecular complexity index is 1180. The second kappa shape index (κ2) is 72.1. The second-order valence-electron chi connectivity index (χ2n) is 26.1. The summed E-state index contributed by atoms with van der Waals surface area (Å²) in [5, 5.41) is 23.3. The molecule has 2 unspecified atom stereocenters. The van der Waals surface area contributed by atoms with Crippen LogP contribution in [-0.2, 0) is 4.79 Å². The first kappa shape index (κ1) is 78.9. The molecule has 0 bridgehead atoms. The zero-order chi connectivity index (χ0) is 57.6. The average Bonchev–Trinajstić information content (AvgIpc) is 3.46. The molecular weight excluding hydrogens is 975 g/mol. The van der Waals surface area contributed by atoms with Gasteiger partial charge in [0.05, 0.1) is 18.8 Å². The number of aliphatic hydroxyl groups excluding tert-OH is 2. The van der Waals surface area contributed by atoms with E-state index >= 15 is 0 Å². The molecule has 2 atom stereocenters. The van der Waals surface area contributed by atoms with Crippen LogP contribution in [0.25, 0.3) is 0 Å². The molecule has 476 valence electrons. The third kappa shape index (κ3) is 67.7. The van der Waals surface area contributed by atoms with Gasteiger partial charge in [0, 0.05) is 6.42 Å². The van der Waals surface area contributed by atoms with Gasteiger partial charge in [-0.2, -0.15) is 0 Å². The number of hydrogen-bond donors (Lipinski definition) is 3. The molecule has 0 aliphatic heterocycles. The highest BCUT2D eigenvalue weighted by atomic mass is 16.3. The lowest BCUT2D eigenvalue weighted by atomic mass is 10.0. The SMILES string of the molecule is CCCCCCCCCCCCCCCCCCCCCCCCCCCCC/C=C/CC/C=C/C(O)C(CO)NC(=O)CCCCCCCCCCCCCCCCCCCCCCCCCCCCCCCCCCCCC. The van der Waals surface area contributed by atoms with Gasteiger partial charge in [-0.3, -0.25) is 4.79 Å². The van der Waals surface area contributed by atoms with E-state index in [2.05, 4.69) is 31.3 Å². The molecule has 0 rings (SSSR count). The van der Waals surface area contributed by atoms with Crippen LogP contribution in [-0.4, -0.2) is 34.9 Å². The minimum Gasteiger partial charge on any atom is -0.394 e. The van der Waals surface area contributed by atoms with E-state index in [1.807, 2.05) is 6.08 Å². The van der Waals surface area contributed by atoms with Crippen molar-refractivity contribution in [3.8, 4) is 0 Å². The van der Waals surface area contributed by atoms with Crippen LogP contribution >= 0.6 is 0 Å². The molecule has 0 aliphatic rings. The predicted octanol–water partition coefficient (Wildman–Crippen LogP) is 25.7. The Morgan fingerprint density at radius 1 is 0.287 bits per heavy atom. The standard InChI is InChI=1S/C76H149NO3/c1-3-5-7-9-11-13-15-17-19-21-23-25-27-29-31-33-35-37-38-40-42-44-46-48-50-52-54-56-58-60-62-64-66-68-70-72-76(80)77-74(73-78)75(79)71-69-67-65-63-61-59-57-55-53-51-49-47-45-43-41-39-36-34-32-30-28-26-24-22-20-18-16-14-12-10-8-6-4-2/h61,63,69,71,74-75,78-79H,3-60,62,64-68,70,72-73H2,1-2H3,(H,77,80)/b63-61+,71-69+. The fraction of sp³-hybridized carbons (Fsp3) is 0.934. The number of amides is 1. The molecule has 0 spiro atoms. The van der Waals surface area contributed by atoms with Crippen molar-refractivity contribution in [3.63, 3.8) is 0 Å². The Kier molecular flexibility index (Phi) is 71.1. The fourth-order valence-corrected chi connectivity index (χ4v) is 12.3. The monoisotopic (exact) mass is 1120 g/mol. The molecule has 80 heavy (non-hydrogen) atoms. The van der Waals surface area contributed by atoms with Crippen molar-refractivity contribution in [2.24, 2.45) is 0 Å². The van der Waals surface area contributed by atoms with Crippen molar-refractivity contribution < 1.29 is 15.0 Å². The number of carbonyl (C=O) groups is 1. The van der Waals surface area contributed by atoms with Gasteiger partial charge in [-0.1, -0.05) is 423 Å². The lowest BCUT2D eigenvalue weighted by molar-refractivity contribution is -0.123. The summed E-state index contributed by atoms with van der Waals surface area (Å²) in [4.78, 5) is 12.6. The third-order valence-corrected chi connectivity index (χ3v) is 17.9. The number of nitrogens with one attached hydrogen (secondary N) is 1. The molecule has 4 nitrogen and oxygen atoms in total. The number of rotatable bonds is 71. The molecule has 4 heteroatoms. The molecule has 0 aromatic heterocycles. The van der Waals surface area contributed by atoms with Gasteiger partial charge in [-0.05, 0) is 32.1 Å². The lowest BCUT2D eigenvalue weighted by Gasteiger charge is -2.19. The van der Waals surface area contributed by atoms with E-state index in [0.717, 1.165) is 32.1 Å². The summed E-state index contributed by atoms with van der Waals surface area (Å²) in [6.07, 6.45) is 98.8. The maximum atomic E-state index is 12.6. The summed E-state index contributed by atoms with van der Waals surface area (Å²) in [6.45, 7) is 4.36. The summed E-state index contributed by atoms with van der Waals surface area (Å²) < 4.78 is 0. The van der Waals surface area contributed by atoms with Gasteiger partial charge in [0.25, 0.3) is 0 Å². The number of allylic oxidation sites excluding steroid dienone is 3. The minimum atomic E-state index is -0.862. The van der Waals surface area contributed by atoms with E-state index in [-0.39, 0.29) is 12.5 Å². The van der Waals surface area contributed by atoms with E-state index in [9.17, 15) is 15.0 Å². The Labute approximate surface area is 504 Å². The molecule has 0 fully saturated rings. The smallest absolute Gasteiger partial charge is 0.220 e. The Hall–Kier alpha value is -1.13. The number of aliphatic hydroxyl groups is 2. The van der Waals surface area contributed by atoms with Crippen LogP contribution in [0.15, 0.2) is 24.3 Å². The Balaban J connectivity index is 3.41. The normalized spacial score (nSPS) is 12.7. The molecule has 0 radical (unpaired) electrons. The molecule has 0 saturated heterocycles. The Morgan fingerprint density at radius 3 is 0.725 bits per heavy atom. The highest BCUT2D eigenvalue weighted by Crippen LogP contribution is 2.20. The van der Waals surface area contributed by atoms with Gasteiger partial charge < -0.3 is 15.5 Å². The largest absolute Gasteiger partial charge is 0.394 e. The molecule has 0 saturated carbocycles. The quantitative estimate of drug-likeness (QED) is 0.0420. The number of hydrogen-bond acceptors (Lipinski definition) is 3. The van der Waals surface area contributed by atoms with Gasteiger partial charge in [0.15, 0.2) is 0 Å². The van der Waals surface area contributed by atoms with Crippen molar-refractivity contribution >= 4 is 5.91 Å². The van der Waals surface area contributed by atoms with E-state index < -0.39 is 12.1 Å². The van der Waals surface area contributed by atoms with Gasteiger partial charge in [-0.15, -0.1) is 0 Å². The van der Waals surface area contributed by atoms with Crippen molar-refractivity contribution in [3.05, 3.63) is 24.3 Å². The summed E-state index contributed by atoms with van der Waals surface area (Å²) in [5.41, 5.74) is 0. The van der Waals surface area contributed by atoms with Crippen LogP contribution in [0.4, 0.5) is 0 Å². The van der Waals surface area contributed by atoms with Gasteiger partial charge in [-0.25, -0.2) is 0 Å². The fourth-order valence-electron chi connectivity index (χ4n) is 12.3. The van der Waals surface area contributed by atoms with Crippen LogP contribution in [0.3, 0.4) is 0 Å². The minimum absolute atomic E-state index is 0.0633. The zero-order valence-corrected chi connectivity index (χ0v) is 55.1. The van der Waals surface area contributed by atoms with Gasteiger partial charge in [0.2, 0.25) is 5.91 Å². The zero-order valence-electron chi connectivity index (χ0n) is 55.1. The van der Waals surface area contributed by atoms with Crippen LogP contribution in [0.1, 0.15) is 438 Å². The number of carbonyl (C=O) groups excluding carboxylic acids is 1. The van der Waals surface area contributed by atoms with Crippen molar-refractivity contribution in [2.75, 3.05) is 6.61 Å². The summed E-state index contributed by atoms with van der Waals surface area (Å²) in [7, 11) is 0. The molecule has 0 aliphatic carbocycles. The summed E-state index contributed by atoms with van der Waals surface area (Å²) >= 11 is 0. The lowest BCUT2D eigenvalue weighted by Crippen LogP contribution is -2.45. The van der Waals surface area contributed by atoms with Crippen molar-refractivity contribution in [1.82, 2.24) is 5.32 Å². The van der Waals surface area contributed by atoms with E-state index in [4.69, 9.17) is 0 Å². The Morgan fingerprint density at radius 2 is 0.487 bits per heavy atom. The average molecular weight is 1130 g/mol. The van der Waals surface area contributed by atoms with Crippen molar-refractivity contribution in [2.45, 2.75) is 450 Å². The van der Waals surface area contributed by atoms with E-state index in [1.54, 1.807) is 6.08 Å². The first-order chi connectivity index (χ1) is 39.7. The van der Waals surface area contributed by atoms with Crippen LogP contribution in [0.5, 0.6) is 0 Å². The molecule has 0 aromatic carbocycles. The van der Waals surface area contributed by atoms with Crippen LogP contribution < -0.4 is 5.32 Å². The highest BCUT2D eigenvalue weighted by Gasteiger charge is 2.18.